The fourth-order valence-corrected chi connectivity index (χ4v) is 5.80. The zero-order valence-electron chi connectivity index (χ0n) is 20.6. The van der Waals surface area contributed by atoms with E-state index >= 15 is 0 Å². The van der Waals surface area contributed by atoms with E-state index in [4.69, 9.17) is 0 Å². The average Bonchev–Trinajstić information content (AvgIpc) is 3.11. The average molecular weight is 468 g/mol. The lowest BCUT2D eigenvalue weighted by Gasteiger charge is -2.39. The van der Waals surface area contributed by atoms with Crippen molar-refractivity contribution in [1.82, 2.24) is 15.1 Å². The summed E-state index contributed by atoms with van der Waals surface area (Å²) < 4.78 is 0. The van der Waals surface area contributed by atoms with Gasteiger partial charge in [-0.2, -0.15) is 0 Å². The Balaban J connectivity index is 1.29. The first kappa shape index (κ1) is 23.9. The minimum atomic E-state index is 0.167. The van der Waals surface area contributed by atoms with E-state index in [1.54, 1.807) is 0 Å². The summed E-state index contributed by atoms with van der Waals surface area (Å²) in [5, 5.41) is 3.65. The van der Waals surface area contributed by atoms with Crippen LogP contribution in [-0.2, 0) is 24.2 Å². The third-order valence-electron chi connectivity index (χ3n) is 7.69. The van der Waals surface area contributed by atoms with Crippen molar-refractivity contribution in [1.29, 1.82) is 0 Å². The predicted molar refractivity (Wildman–Crippen MR) is 143 cm³/mol. The summed E-state index contributed by atoms with van der Waals surface area (Å²) in [6, 6.07) is 28.8. The number of benzene rings is 3. The van der Waals surface area contributed by atoms with Crippen LogP contribution in [0.25, 0.3) is 0 Å². The molecule has 0 spiro atoms. The van der Waals surface area contributed by atoms with Gasteiger partial charge in [-0.3, -0.25) is 9.80 Å². The van der Waals surface area contributed by atoms with Crippen LogP contribution in [0.2, 0.25) is 0 Å². The van der Waals surface area contributed by atoms with Crippen LogP contribution < -0.4 is 5.32 Å². The lowest BCUT2D eigenvalue weighted by Crippen LogP contribution is -2.47. The van der Waals surface area contributed by atoms with Gasteiger partial charge in [0.1, 0.15) is 6.29 Å². The zero-order chi connectivity index (χ0) is 23.9. The highest BCUT2D eigenvalue weighted by atomic mass is 16.1. The number of nitrogens with one attached hydrogen (secondary N) is 1. The van der Waals surface area contributed by atoms with Crippen LogP contribution in [0.5, 0.6) is 0 Å². The van der Waals surface area contributed by atoms with Gasteiger partial charge in [-0.1, -0.05) is 78.9 Å². The maximum absolute atomic E-state index is 11.7. The van der Waals surface area contributed by atoms with E-state index in [1.165, 1.54) is 27.8 Å². The van der Waals surface area contributed by atoms with Crippen LogP contribution in [0.15, 0.2) is 78.9 Å². The topological polar surface area (TPSA) is 35.6 Å². The summed E-state index contributed by atoms with van der Waals surface area (Å²) >= 11 is 0. The molecule has 1 N–H and O–H groups in total. The van der Waals surface area contributed by atoms with Crippen molar-refractivity contribution in [3.05, 3.63) is 107 Å². The number of fused-ring (bicyclic) bond motifs is 1. The normalized spacial score (nSPS) is 20.1. The lowest BCUT2D eigenvalue weighted by atomic mass is 9.86. The molecule has 2 atom stereocenters. The second-order valence-corrected chi connectivity index (χ2v) is 10.0. The van der Waals surface area contributed by atoms with Gasteiger partial charge < -0.3 is 10.1 Å². The summed E-state index contributed by atoms with van der Waals surface area (Å²) in [7, 11) is 0. The second kappa shape index (κ2) is 11.8. The molecular weight excluding hydrogens is 430 g/mol. The van der Waals surface area contributed by atoms with Crippen molar-refractivity contribution in [2.75, 3.05) is 39.3 Å². The van der Waals surface area contributed by atoms with Crippen molar-refractivity contribution < 1.29 is 4.79 Å². The van der Waals surface area contributed by atoms with Gasteiger partial charge in [0.05, 0.1) is 0 Å². The molecule has 1 saturated heterocycles. The Labute approximate surface area is 210 Å². The third-order valence-corrected chi connectivity index (χ3v) is 7.69. The largest absolute Gasteiger partial charge is 0.316 e. The van der Waals surface area contributed by atoms with Crippen molar-refractivity contribution in [3.63, 3.8) is 0 Å². The van der Waals surface area contributed by atoms with Crippen LogP contribution >= 0.6 is 0 Å². The molecule has 2 unspecified atom stereocenters. The van der Waals surface area contributed by atoms with E-state index < -0.39 is 0 Å². The number of carbonyl (C=O) groups is 1. The Hall–Kier alpha value is -2.79. The Kier molecular flexibility index (Phi) is 8.04. The molecule has 0 amide bonds. The summed E-state index contributed by atoms with van der Waals surface area (Å²) in [5.41, 5.74) is 6.98. The fraction of sp³-hybridized carbons (Fsp3) is 0.387. The first-order valence-electron chi connectivity index (χ1n) is 13.1. The van der Waals surface area contributed by atoms with E-state index in [1.807, 2.05) is 0 Å². The molecular formula is C31H37N3O. The number of nitrogens with zero attached hydrogens (tertiary/aromatic N) is 2. The first-order valence-corrected chi connectivity index (χ1v) is 13.1. The quantitative estimate of drug-likeness (QED) is 0.491. The molecule has 5 rings (SSSR count). The van der Waals surface area contributed by atoms with Crippen LogP contribution in [-0.4, -0.2) is 55.4 Å². The summed E-state index contributed by atoms with van der Waals surface area (Å²) in [4.78, 5) is 16.7. The van der Waals surface area contributed by atoms with Crippen LogP contribution in [0.4, 0.5) is 0 Å². The molecule has 35 heavy (non-hydrogen) atoms. The summed E-state index contributed by atoms with van der Waals surface area (Å²) in [5.74, 6) is 0.481. The van der Waals surface area contributed by atoms with Gasteiger partial charge >= 0.3 is 0 Å². The fourth-order valence-electron chi connectivity index (χ4n) is 5.80. The minimum absolute atomic E-state index is 0.167. The summed E-state index contributed by atoms with van der Waals surface area (Å²) in [6.07, 6.45) is 3.77. The molecule has 2 aliphatic heterocycles. The van der Waals surface area contributed by atoms with E-state index in [0.717, 1.165) is 64.9 Å². The van der Waals surface area contributed by atoms with Gasteiger partial charge in [0.15, 0.2) is 0 Å². The van der Waals surface area contributed by atoms with E-state index in [9.17, 15) is 4.79 Å². The number of carbonyl (C=O) groups excluding carboxylic acids is 1. The summed E-state index contributed by atoms with van der Waals surface area (Å²) in [6.45, 7) is 7.11. The highest BCUT2D eigenvalue weighted by Crippen LogP contribution is 2.32. The molecule has 182 valence electrons. The molecule has 0 saturated carbocycles. The van der Waals surface area contributed by atoms with E-state index in [2.05, 4.69) is 94.0 Å². The molecule has 3 aromatic carbocycles. The van der Waals surface area contributed by atoms with Gasteiger partial charge in [0.25, 0.3) is 0 Å². The Morgan fingerprint density at radius 1 is 0.886 bits per heavy atom. The van der Waals surface area contributed by atoms with Gasteiger partial charge in [-0.15, -0.1) is 0 Å². The van der Waals surface area contributed by atoms with Gasteiger partial charge in [0.2, 0.25) is 0 Å². The van der Waals surface area contributed by atoms with E-state index in [-0.39, 0.29) is 6.04 Å². The molecule has 0 aromatic heterocycles. The van der Waals surface area contributed by atoms with Crippen molar-refractivity contribution >= 4 is 6.29 Å². The Morgan fingerprint density at radius 2 is 1.60 bits per heavy atom. The van der Waals surface area contributed by atoms with Gasteiger partial charge in [0, 0.05) is 57.6 Å². The molecule has 2 aliphatic rings. The van der Waals surface area contributed by atoms with Crippen molar-refractivity contribution in [2.45, 2.75) is 37.8 Å². The Bertz CT molecular complexity index is 1080. The van der Waals surface area contributed by atoms with Crippen LogP contribution in [0.1, 0.15) is 46.2 Å². The predicted octanol–water partition coefficient (Wildman–Crippen LogP) is 4.61. The standard InChI is InChI=1S/C31H37N3O/c35-20-14-31(34-18-16-33(17-19-34)24-26-9-5-2-6-10-26)28-11-12-30-27(22-28)13-15-32-23-29(30)21-25-7-3-1-4-8-25/h1-12,20,22,29,31-32H,13-19,21,23-24H2. The number of piperazine rings is 1. The highest BCUT2D eigenvalue weighted by Gasteiger charge is 2.27. The van der Waals surface area contributed by atoms with Crippen LogP contribution in [0.3, 0.4) is 0 Å². The number of rotatable bonds is 8. The van der Waals surface area contributed by atoms with E-state index in [0.29, 0.717) is 12.3 Å². The number of aldehydes is 1. The van der Waals surface area contributed by atoms with Gasteiger partial charge in [-0.25, -0.2) is 0 Å². The molecule has 0 aliphatic carbocycles. The molecule has 4 heteroatoms. The zero-order valence-corrected chi connectivity index (χ0v) is 20.6. The number of hydrogen-bond acceptors (Lipinski definition) is 4. The molecule has 1 fully saturated rings. The number of hydrogen-bond donors (Lipinski definition) is 1. The second-order valence-electron chi connectivity index (χ2n) is 10.0. The monoisotopic (exact) mass is 467 g/mol. The SMILES string of the molecule is O=CCC(c1ccc2c(c1)CCNCC2Cc1ccccc1)N1CCN(Cc2ccccc2)CC1. The molecule has 4 nitrogen and oxygen atoms in total. The highest BCUT2D eigenvalue weighted by molar-refractivity contribution is 5.52. The lowest BCUT2D eigenvalue weighted by molar-refractivity contribution is -0.109. The van der Waals surface area contributed by atoms with Gasteiger partial charge in [-0.05, 0) is 47.2 Å². The maximum Gasteiger partial charge on any atom is 0.121 e. The van der Waals surface area contributed by atoms with Crippen LogP contribution in [0, 0.1) is 0 Å². The first-order chi connectivity index (χ1) is 17.3. The minimum Gasteiger partial charge on any atom is -0.316 e. The Morgan fingerprint density at radius 3 is 2.31 bits per heavy atom. The third kappa shape index (κ3) is 6.07. The molecule has 0 radical (unpaired) electrons. The molecule has 3 aromatic rings. The van der Waals surface area contributed by atoms with Crippen molar-refractivity contribution in [3.8, 4) is 0 Å². The van der Waals surface area contributed by atoms with Crippen molar-refractivity contribution in [2.24, 2.45) is 0 Å². The molecule has 2 heterocycles. The molecule has 0 bridgehead atoms. The maximum atomic E-state index is 11.7. The smallest absolute Gasteiger partial charge is 0.121 e.